The predicted octanol–water partition coefficient (Wildman–Crippen LogP) is 2.61. The molecule has 0 bridgehead atoms. The lowest BCUT2D eigenvalue weighted by Gasteiger charge is -2.14. The first-order chi connectivity index (χ1) is 9.61. The molecule has 20 heavy (non-hydrogen) atoms. The van der Waals surface area contributed by atoms with Crippen LogP contribution >= 0.6 is 0 Å². The molecule has 2 rings (SSSR count). The Bertz CT molecular complexity index is 520. The fraction of sp³-hybridized carbons (Fsp3) is 0.467. The molecule has 0 aromatic heterocycles. The van der Waals surface area contributed by atoms with Gasteiger partial charge >= 0.3 is 0 Å². The van der Waals surface area contributed by atoms with Crippen LogP contribution < -0.4 is 11.1 Å². The number of nitrogens with zero attached hydrogens (tertiary/aromatic N) is 1. The van der Waals surface area contributed by atoms with Crippen LogP contribution in [0.25, 0.3) is 0 Å². The minimum Gasteiger partial charge on any atom is -0.409 e. The highest BCUT2D eigenvalue weighted by molar-refractivity contribution is 6.06. The molecule has 0 radical (unpaired) electrons. The number of carbonyl (C=O) groups is 1. The average molecular weight is 275 g/mol. The number of benzene rings is 1. The molecule has 108 valence electrons. The van der Waals surface area contributed by atoms with E-state index < -0.39 is 0 Å². The number of carbonyl (C=O) groups excluding carboxylic acids is 1. The van der Waals surface area contributed by atoms with Gasteiger partial charge in [0, 0.05) is 12.0 Å². The molecular formula is C15H21N3O2. The third-order valence-electron chi connectivity index (χ3n) is 3.86. The molecule has 1 aromatic rings. The van der Waals surface area contributed by atoms with E-state index in [0.29, 0.717) is 23.6 Å². The summed E-state index contributed by atoms with van der Waals surface area (Å²) in [6.45, 7) is 1.86. The summed E-state index contributed by atoms with van der Waals surface area (Å²) in [5, 5.41) is 14.8. The Labute approximate surface area is 118 Å². The highest BCUT2D eigenvalue weighted by Crippen LogP contribution is 2.28. The summed E-state index contributed by atoms with van der Waals surface area (Å²) in [5.41, 5.74) is 7.72. The number of rotatable bonds is 4. The number of amides is 1. The van der Waals surface area contributed by atoms with E-state index in [9.17, 15) is 4.79 Å². The van der Waals surface area contributed by atoms with Gasteiger partial charge in [-0.3, -0.25) is 4.79 Å². The van der Waals surface area contributed by atoms with Crippen molar-refractivity contribution in [1.29, 1.82) is 0 Å². The molecule has 0 spiro atoms. The van der Waals surface area contributed by atoms with E-state index >= 15 is 0 Å². The van der Waals surface area contributed by atoms with E-state index in [1.807, 2.05) is 19.1 Å². The molecule has 4 N–H and O–H groups in total. The summed E-state index contributed by atoms with van der Waals surface area (Å²) in [6, 6.07) is 5.47. The average Bonchev–Trinajstić information content (AvgIpc) is 2.91. The second-order valence-corrected chi connectivity index (χ2v) is 5.39. The van der Waals surface area contributed by atoms with E-state index in [4.69, 9.17) is 10.9 Å². The zero-order valence-corrected chi connectivity index (χ0v) is 11.7. The van der Waals surface area contributed by atoms with Crippen molar-refractivity contribution in [3.8, 4) is 0 Å². The van der Waals surface area contributed by atoms with Crippen LogP contribution in [0.3, 0.4) is 0 Å². The van der Waals surface area contributed by atoms with Crippen LogP contribution in [0.15, 0.2) is 23.4 Å². The molecule has 1 saturated carbocycles. The van der Waals surface area contributed by atoms with Gasteiger partial charge in [-0.05, 0) is 37.3 Å². The number of aryl methyl sites for hydroxylation is 1. The second kappa shape index (κ2) is 6.41. The summed E-state index contributed by atoms with van der Waals surface area (Å²) in [4.78, 5) is 12.1. The van der Waals surface area contributed by atoms with E-state index in [1.54, 1.807) is 6.07 Å². The lowest BCUT2D eigenvalue weighted by molar-refractivity contribution is -0.117. The van der Waals surface area contributed by atoms with Crippen molar-refractivity contribution in [2.75, 3.05) is 5.32 Å². The molecule has 5 nitrogen and oxygen atoms in total. The molecule has 1 aromatic carbocycles. The minimum atomic E-state index is -0.00510. The van der Waals surface area contributed by atoms with Crippen LogP contribution in [0.1, 0.15) is 43.2 Å². The molecule has 0 aliphatic heterocycles. The third kappa shape index (κ3) is 3.29. The molecule has 1 amide bonds. The van der Waals surface area contributed by atoms with Crippen LogP contribution in [0.4, 0.5) is 5.69 Å². The van der Waals surface area contributed by atoms with Crippen LogP contribution in [-0.2, 0) is 4.79 Å². The van der Waals surface area contributed by atoms with Crippen molar-refractivity contribution in [1.82, 2.24) is 0 Å². The lowest BCUT2D eigenvalue weighted by Crippen LogP contribution is -2.21. The second-order valence-electron chi connectivity index (χ2n) is 5.39. The van der Waals surface area contributed by atoms with Gasteiger partial charge in [-0.1, -0.05) is 30.1 Å². The Balaban J connectivity index is 2.12. The predicted molar refractivity (Wildman–Crippen MR) is 78.9 cm³/mol. The Morgan fingerprint density at radius 3 is 2.80 bits per heavy atom. The number of hydrogen-bond donors (Lipinski definition) is 3. The Kier molecular flexibility index (Phi) is 4.61. The van der Waals surface area contributed by atoms with Crippen LogP contribution in [0.5, 0.6) is 0 Å². The Hall–Kier alpha value is -2.04. The molecular weight excluding hydrogens is 254 g/mol. The third-order valence-corrected chi connectivity index (χ3v) is 3.86. The highest BCUT2D eigenvalue weighted by atomic mass is 16.4. The molecule has 0 unspecified atom stereocenters. The van der Waals surface area contributed by atoms with Gasteiger partial charge in [-0.2, -0.15) is 0 Å². The van der Waals surface area contributed by atoms with Crippen molar-refractivity contribution in [2.45, 2.75) is 39.0 Å². The van der Waals surface area contributed by atoms with E-state index in [0.717, 1.165) is 18.4 Å². The van der Waals surface area contributed by atoms with Gasteiger partial charge in [-0.15, -0.1) is 0 Å². The number of nitrogens with one attached hydrogen (secondary N) is 1. The van der Waals surface area contributed by atoms with E-state index in [-0.39, 0.29) is 11.7 Å². The first kappa shape index (κ1) is 14.4. The van der Waals surface area contributed by atoms with Gasteiger partial charge in [0.25, 0.3) is 0 Å². The fourth-order valence-corrected chi connectivity index (χ4v) is 2.84. The van der Waals surface area contributed by atoms with Crippen molar-refractivity contribution in [2.24, 2.45) is 16.8 Å². The largest absolute Gasteiger partial charge is 0.409 e. The molecule has 5 heteroatoms. The van der Waals surface area contributed by atoms with Gasteiger partial charge in [0.1, 0.15) is 0 Å². The van der Waals surface area contributed by atoms with E-state index in [2.05, 4.69) is 10.5 Å². The van der Waals surface area contributed by atoms with Crippen molar-refractivity contribution >= 4 is 17.4 Å². The summed E-state index contributed by atoms with van der Waals surface area (Å²) in [7, 11) is 0. The quantitative estimate of drug-likeness (QED) is 0.341. The van der Waals surface area contributed by atoms with Gasteiger partial charge in [0.15, 0.2) is 5.84 Å². The topological polar surface area (TPSA) is 87.7 Å². The molecule has 1 aliphatic rings. The molecule has 1 aliphatic carbocycles. The first-order valence-electron chi connectivity index (χ1n) is 6.99. The number of nitrogens with two attached hydrogens (primary N) is 1. The maximum absolute atomic E-state index is 12.1. The van der Waals surface area contributed by atoms with Gasteiger partial charge in [0.05, 0.1) is 5.69 Å². The van der Waals surface area contributed by atoms with Crippen molar-refractivity contribution in [3.63, 3.8) is 0 Å². The summed E-state index contributed by atoms with van der Waals surface area (Å²) in [5.74, 6) is 0.501. The molecule has 0 saturated heterocycles. The van der Waals surface area contributed by atoms with Crippen LogP contribution in [-0.4, -0.2) is 17.0 Å². The summed E-state index contributed by atoms with van der Waals surface area (Å²) in [6.07, 6.45) is 5.25. The number of anilines is 1. The van der Waals surface area contributed by atoms with Crippen molar-refractivity contribution in [3.05, 3.63) is 29.3 Å². The molecule has 1 fully saturated rings. The number of oxime groups is 1. The van der Waals surface area contributed by atoms with Crippen LogP contribution in [0, 0.1) is 12.8 Å². The zero-order valence-electron chi connectivity index (χ0n) is 11.7. The maximum atomic E-state index is 12.1. The van der Waals surface area contributed by atoms with E-state index in [1.165, 1.54) is 12.8 Å². The van der Waals surface area contributed by atoms with Gasteiger partial charge in [-0.25, -0.2) is 0 Å². The first-order valence-corrected chi connectivity index (χ1v) is 6.99. The Morgan fingerprint density at radius 2 is 2.15 bits per heavy atom. The maximum Gasteiger partial charge on any atom is 0.224 e. The summed E-state index contributed by atoms with van der Waals surface area (Å²) < 4.78 is 0. The van der Waals surface area contributed by atoms with Gasteiger partial charge in [0.2, 0.25) is 5.91 Å². The van der Waals surface area contributed by atoms with Crippen molar-refractivity contribution < 1.29 is 10.0 Å². The SMILES string of the molecule is Cc1cccc(NC(=O)CC2CCCC2)c1/C(N)=N/O. The normalized spacial score (nSPS) is 16.4. The minimum absolute atomic E-state index is 0.00510. The van der Waals surface area contributed by atoms with Crippen LogP contribution in [0.2, 0.25) is 0 Å². The standard InChI is InChI=1S/C15H21N3O2/c1-10-5-4-8-12(14(10)15(16)18-20)17-13(19)9-11-6-2-3-7-11/h4-5,8,11,20H,2-3,6-7,9H2,1H3,(H2,16,18)(H,17,19). The summed E-state index contributed by atoms with van der Waals surface area (Å²) >= 11 is 0. The molecule has 0 heterocycles. The zero-order chi connectivity index (χ0) is 14.5. The lowest BCUT2D eigenvalue weighted by atomic mass is 10.0. The fourth-order valence-electron chi connectivity index (χ4n) is 2.84. The Morgan fingerprint density at radius 1 is 1.45 bits per heavy atom. The van der Waals surface area contributed by atoms with Gasteiger partial charge < -0.3 is 16.3 Å². The highest BCUT2D eigenvalue weighted by Gasteiger charge is 2.19. The number of hydrogen-bond acceptors (Lipinski definition) is 3. The molecule has 0 atom stereocenters. The monoisotopic (exact) mass is 275 g/mol. The number of amidine groups is 1. The smallest absolute Gasteiger partial charge is 0.224 e.